The maximum absolute atomic E-state index is 13.7. The van der Waals surface area contributed by atoms with Crippen molar-refractivity contribution < 1.29 is 18.4 Å². The first-order valence-electron chi connectivity index (χ1n) is 8.30. The summed E-state index contributed by atoms with van der Waals surface area (Å²) in [7, 11) is 0. The summed E-state index contributed by atoms with van der Waals surface area (Å²) in [6.07, 6.45) is 2.47. The summed E-state index contributed by atoms with van der Waals surface area (Å²) in [5.74, 6) is -1.84. The number of halogens is 3. The number of carbonyl (C=O) groups excluding carboxylic acids is 2. The van der Waals surface area contributed by atoms with E-state index in [1.165, 1.54) is 17.0 Å². The molecular weight excluding hydrogens is 422 g/mol. The van der Waals surface area contributed by atoms with E-state index in [2.05, 4.69) is 31.2 Å². The zero-order valence-electron chi connectivity index (χ0n) is 14.5. The summed E-state index contributed by atoms with van der Waals surface area (Å²) in [5, 5.41) is 2.50. The number of amides is 2. The van der Waals surface area contributed by atoms with E-state index >= 15 is 0 Å². The van der Waals surface area contributed by atoms with Gasteiger partial charge in [-0.05, 0) is 53.0 Å². The zero-order chi connectivity index (χ0) is 19.6. The van der Waals surface area contributed by atoms with Gasteiger partial charge in [-0.3, -0.25) is 14.9 Å². The molecule has 0 bridgehead atoms. The summed E-state index contributed by atoms with van der Waals surface area (Å²) in [4.78, 5) is 34.2. The SMILES string of the molecule is Cc1cnc(NC(=O)CN(C[C@@H]2C[C@@H]2F)C(=O)c2ccc(Br)c(F)c2)nc1. The fraction of sp³-hybridized carbons (Fsp3) is 0.333. The van der Waals surface area contributed by atoms with Crippen molar-refractivity contribution in [3.8, 4) is 0 Å². The molecule has 0 spiro atoms. The van der Waals surface area contributed by atoms with Gasteiger partial charge in [0, 0.05) is 30.4 Å². The second kappa shape index (κ2) is 8.08. The first kappa shape index (κ1) is 19.3. The number of rotatable bonds is 6. The van der Waals surface area contributed by atoms with Crippen LogP contribution in [0.15, 0.2) is 35.1 Å². The molecule has 0 unspecified atom stereocenters. The molecule has 1 fully saturated rings. The molecule has 2 aromatic rings. The van der Waals surface area contributed by atoms with E-state index in [9.17, 15) is 18.4 Å². The van der Waals surface area contributed by atoms with Gasteiger partial charge in [0.1, 0.15) is 18.5 Å². The van der Waals surface area contributed by atoms with Gasteiger partial charge in [0.25, 0.3) is 5.91 Å². The third kappa shape index (κ3) is 5.06. The highest BCUT2D eigenvalue weighted by molar-refractivity contribution is 9.10. The summed E-state index contributed by atoms with van der Waals surface area (Å²) in [6, 6.07) is 3.94. The molecule has 1 N–H and O–H groups in total. The van der Waals surface area contributed by atoms with E-state index in [-0.39, 0.29) is 35.0 Å². The number of benzene rings is 1. The van der Waals surface area contributed by atoms with Crippen molar-refractivity contribution in [1.82, 2.24) is 14.9 Å². The van der Waals surface area contributed by atoms with Gasteiger partial charge in [0.2, 0.25) is 11.9 Å². The molecule has 0 radical (unpaired) electrons. The third-order valence-electron chi connectivity index (χ3n) is 4.11. The number of hydrogen-bond donors (Lipinski definition) is 1. The molecule has 1 heterocycles. The van der Waals surface area contributed by atoms with Crippen LogP contribution >= 0.6 is 15.9 Å². The van der Waals surface area contributed by atoms with Crippen LogP contribution in [0.1, 0.15) is 22.3 Å². The Labute approximate surface area is 163 Å². The largest absolute Gasteiger partial charge is 0.329 e. The van der Waals surface area contributed by atoms with Crippen molar-refractivity contribution in [3.05, 3.63) is 52.0 Å². The van der Waals surface area contributed by atoms with Gasteiger partial charge >= 0.3 is 0 Å². The number of nitrogens with zero attached hydrogens (tertiary/aromatic N) is 3. The van der Waals surface area contributed by atoms with Crippen LogP contribution in [-0.4, -0.2) is 45.9 Å². The lowest BCUT2D eigenvalue weighted by atomic mass is 10.2. The summed E-state index contributed by atoms with van der Waals surface area (Å²) in [5.41, 5.74) is 0.927. The highest BCUT2D eigenvalue weighted by Crippen LogP contribution is 2.34. The Balaban J connectivity index is 1.72. The number of aryl methyl sites for hydroxylation is 1. The van der Waals surface area contributed by atoms with Gasteiger partial charge in [0.05, 0.1) is 4.47 Å². The highest BCUT2D eigenvalue weighted by atomic mass is 79.9. The van der Waals surface area contributed by atoms with Crippen molar-refractivity contribution in [1.29, 1.82) is 0 Å². The van der Waals surface area contributed by atoms with Gasteiger partial charge in [-0.1, -0.05) is 0 Å². The standard InChI is InChI=1S/C18H17BrF2N4O2/c1-10-6-22-18(23-7-10)24-16(26)9-25(8-12-5-14(12)20)17(27)11-2-3-13(19)15(21)4-11/h2-4,6-7,12,14H,5,8-9H2,1H3,(H,22,23,24,26)/t12-,14-/m0/s1. The maximum atomic E-state index is 13.7. The highest BCUT2D eigenvalue weighted by Gasteiger charge is 2.40. The van der Waals surface area contributed by atoms with Gasteiger partial charge < -0.3 is 4.90 Å². The van der Waals surface area contributed by atoms with Crippen LogP contribution < -0.4 is 5.32 Å². The molecule has 3 rings (SSSR count). The van der Waals surface area contributed by atoms with Crippen LogP contribution in [-0.2, 0) is 4.79 Å². The lowest BCUT2D eigenvalue weighted by Crippen LogP contribution is -2.39. The minimum Gasteiger partial charge on any atom is -0.329 e. The number of hydrogen-bond acceptors (Lipinski definition) is 4. The minimum absolute atomic E-state index is 0.0832. The maximum Gasteiger partial charge on any atom is 0.254 e. The Morgan fingerprint density at radius 1 is 1.33 bits per heavy atom. The van der Waals surface area contributed by atoms with Crippen LogP contribution in [0.25, 0.3) is 0 Å². The molecule has 0 aliphatic heterocycles. The number of carbonyl (C=O) groups is 2. The Bertz CT molecular complexity index is 863. The third-order valence-corrected chi connectivity index (χ3v) is 4.75. The van der Waals surface area contributed by atoms with E-state index in [4.69, 9.17) is 0 Å². The molecule has 2 atom stereocenters. The van der Waals surface area contributed by atoms with Crippen LogP contribution in [0.3, 0.4) is 0 Å². The first-order chi connectivity index (χ1) is 12.8. The van der Waals surface area contributed by atoms with E-state index < -0.39 is 23.8 Å². The number of anilines is 1. The lowest BCUT2D eigenvalue weighted by Gasteiger charge is -2.22. The predicted octanol–water partition coefficient (Wildman–Crippen LogP) is 3.13. The molecule has 142 valence electrons. The molecule has 1 saturated carbocycles. The van der Waals surface area contributed by atoms with E-state index in [0.717, 1.165) is 11.6 Å². The Morgan fingerprint density at radius 2 is 2.00 bits per heavy atom. The van der Waals surface area contributed by atoms with Crippen molar-refractivity contribution in [2.45, 2.75) is 19.5 Å². The minimum atomic E-state index is -0.981. The molecule has 1 aliphatic carbocycles. The Morgan fingerprint density at radius 3 is 2.59 bits per heavy atom. The van der Waals surface area contributed by atoms with Crippen molar-refractivity contribution >= 4 is 33.7 Å². The quantitative estimate of drug-likeness (QED) is 0.751. The number of nitrogens with one attached hydrogen (secondary N) is 1. The van der Waals surface area contributed by atoms with Gasteiger partial charge in [0.15, 0.2) is 0 Å². The zero-order valence-corrected chi connectivity index (χ0v) is 16.0. The second-order valence-corrected chi connectivity index (χ2v) is 7.31. The molecular formula is C18H17BrF2N4O2. The number of alkyl halides is 1. The molecule has 2 amide bonds. The lowest BCUT2D eigenvalue weighted by molar-refractivity contribution is -0.117. The number of aromatic nitrogens is 2. The molecule has 6 nitrogen and oxygen atoms in total. The average Bonchev–Trinajstić information content (AvgIpc) is 3.33. The van der Waals surface area contributed by atoms with E-state index in [1.54, 1.807) is 12.4 Å². The summed E-state index contributed by atoms with van der Waals surface area (Å²) < 4.78 is 27.3. The smallest absolute Gasteiger partial charge is 0.254 e. The fourth-order valence-electron chi connectivity index (χ4n) is 2.51. The fourth-order valence-corrected chi connectivity index (χ4v) is 2.75. The Kier molecular flexibility index (Phi) is 5.79. The second-order valence-electron chi connectivity index (χ2n) is 6.46. The van der Waals surface area contributed by atoms with Crippen LogP contribution in [0.5, 0.6) is 0 Å². The van der Waals surface area contributed by atoms with Crippen LogP contribution in [0, 0.1) is 18.7 Å². The topological polar surface area (TPSA) is 75.2 Å². The van der Waals surface area contributed by atoms with E-state index in [0.29, 0.717) is 6.42 Å². The van der Waals surface area contributed by atoms with Gasteiger partial charge in [-0.2, -0.15) is 0 Å². The van der Waals surface area contributed by atoms with Crippen molar-refractivity contribution in [2.75, 3.05) is 18.4 Å². The van der Waals surface area contributed by atoms with Crippen molar-refractivity contribution in [2.24, 2.45) is 5.92 Å². The first-order valence-corrected chi connectivity index (χ1v) is 9.09. The molecule has 1 aromatic heterocycles. The molecule has 9 heteroatoms. The van der Waals surface area contributed by atoms with Crippen LogP contribution in [0.2, 0.25) is 0 Å². The molecule has 0 saturated heterocycles. The van der Waals surface area contributed by atoms with Crippen molar-refractivity contribution in [3.63, 3.8) is 0 Å². The summed E-state index contributed by atoms with van der Waals surface area (Å²) in [6.45, 7) is 1.59. The molecule has 1 aromatic carbocycles. The van der Waals surface area contributed by atoms with Crippen LogP contribution in [0.4, 0.5) is 14.7 Å². The molecule has 27 heavy (non-hydrogen) atoms. The average molecular weight is 439 g/mol. The monoisotopic (exact) mass is 438 g/mol. The van der Waals surface area contributed by atoms with E-state index in [1.807, 2.05) is 6.92 Å². The summed E-state index contributed by atoms with van der Waals surface area (Å²) >= 11 is 3.03. The Hall–Kier alpha value is -2.42. The normalized spacial score (nSPS) is 18.1. The predicted molar refractivity (Wildman–Crippen MR) is 98.4 cm³/mol. The van der Waals surface area contributed by atoms with Gasteiger partial charge in [-0.15, -0.1) is 0 Å². The molecule has 1 aliphatic rings. The van der Waals surface area contributed by atoms with Gasteiger partial charge in [-0.25, -0.2) is 18.7 Å².